The number of amides is 1. The van der Waals surface area contributed by atoms with E-state index in [0.29, 0.717) is 0 Å². The Labute approximate surface area is 155 Å². The minimum absolute atomic E-state index is 0.176. The predicted octanol–water partition coefficient (Wildman–Crippen LogP) is 3.84. The molecule has 0 aliphatic heterocycles. The van der Waals surface area contributed by atoms with Gasteiger partial charge >= 0.3 is 12.1 Å². The SMILES string of the molecule is COC(=O)[C@@H](Cc1c(C)cccc1C)NC(=O)c1cccc(C(F)(F)F)c1. The van der Waals surface area contributed by atoms with Crippen LogP contribution in [0, 0.1) is 13.8 Å². The lowest BCUT2D eigenvalue weighted by Gasteiger charge is -2.19. The number of carbonyl (C=O) groups excluding carboxylic acids is 2. The van der Waals surface area contributed by atoms with Gasteiger partial charge in [-0.2, -0.15) is 13.2 Å². The van der Waals surface area contributed by atoms with E-state index in [-0.39, 0.29) is 12.0 Å². The Bertz CT molecular complexity index is 826. The highest BCUT2D eigenvalue weighted by molar-refractivity contribution is 5.97. The van der Waals surface area contributed by atoms with Crippen molar-refractivity contribution in [3.05, 3.63) is 70.3 Å². The van der Waals surface area contributed by atoms with Crippen molar-refractivity contribution in [1.29, 1.82) is 0 Å². The Balaban J connectivity index is 2.26. The Morgan fingerprint density at radius 2 is 1.67 bits per heavy atom. The summed E-state index contributed by atoms with van der Waals surface area (Å²) in [6, 6.07) is 8.67. The second-order valence-electron chi connectivity index (χ2n) is 6.20. The highest BCUT2D eigenvalue weighted by atomic mass is 19.4. The number of nitrogens with one attached hydrogen (secondary N) is 1. The van der Waals surface area contributed by atoms with E-state index in [9.17, 15) is 22.8 Å². The molecule has 0 aliphatic rings. The molecule has 4 nitrogen and oxygen atoms in total. The van der Waals surface area contributed by atoms with Crippen molar-refractivity contribution in [1.82, 2.24) is 5.32 Å². The Morgan fingerprint density at radius 1 is 1.07 bits per heavy atom. The first-order chi connectivity index (χ1) is 12.6. The molecular formula is C20H20F3NO3. The van der Waals surface area contributed by atoms with Gasteiger partial charge in [-0.3, -0.25) is 4.79 Å². The molecule has 2 aromatic rings. The number of carbonyl (C=O) groups is 2. The van der Waals surface area contributed by atoms with E-state index in [2.05, 4.69) is 5.32 Å². The van der Waals surface area contributed by atoms with Crippen molar-refractivity contribution in [2.45, 2.75) is 32.5 Å². The molecule has 2 rings (SSSR count). The summed E-state index contributed by atoms with van der Waals surface area (Å²) < 4.78 is 43.3. The number of aryl methyl sites for hydroxylation is 2. The molecule has 0 aromatic heterocycles. The average Bonchev–Trinajstić information content (AvgIpc) is 2.62. The summed E-state index contributed by atoms with van der Waals surface area (Å²) >= 11 is 0. The Kier molecular flexibility index (Phi) is 6.25. The number of methoxy groups -OCH3 is 1. The summed E-state index contributed by atoms with van der Waals surface area (Å²) in [6.07, 6.45) is -4.38. The van der Waals surface area contributed by atoms with Crippen LogP contribution in [0.15, 0.2) is 42.5 Å². The smallest absolute Gasteiger partial charge is 0.416 e. The first-order valence-corrected chi connectivity index (χ1v) is 8.24. The molecule has 0 saturated carbocycles. The molecule has 1 N–H and O–H groups in total. The molecule has 7 heteroatoms. The lowest BCUT2D eigenvalue weighted by atomic mass is 9.96. The van der Waals surface area contributed by atoms with Gasteiger partial charge in [0.05, 0.1) is 12.7 Å². The van der Waals surface area contributed by atoms with Crippen LogP contribution in [0.3, 0.4) is 0 Å². The largest absolute Gasteiger partial charge is 0.467 e. The van der Waals surface area contributed by atoms with E-state index in [4.69, 9.17) is 4.74 Å². The maximum absolute atomic E-state index is 12.8. The van der Waals surface area contributed by atoms with Crippen LogP contribution in [0.4, 0.5) is 13.2 Å². The van der Waals surface area contributed by atoms with Gasteiger partial charge in [-0.25, -0.2) is 4.79 Å². The van der Waals surface area contributed by atoms with Gasteiger partial charge < -0.3 is 10.1 Å². The molecule has 0 aliphatic carbocycles. The van der Waals surface area contributed by atoms with Crippen LogP contribution < -0.4 is 5.32 Å². The van der Waals surface area contributed by atoms with Gasteiger partial charge in [0.25, 0.3) is 5.91 Å². The molecule has 27 heavy (non-hydrogen) atoms. The zero-order chi connectivity index (χ0) is 20.2. The van der Waals surface area contributed by atoms with Crippen LogP contribution in [0.25, 0.3) is 0 Å². The summed E-state index contributed by atoms with van der Waals surface area (Å²) in [5, 5.41) is 2.48. The Morgan fingerprint density at radius 3 is 2.22 bits per heavy atom. The molecule has 0 fully saturated rings. The van der Waals surface area contributed by atoms with Crippen molar-refractivity contribution < 1.29 is 27.5 Å². The monoisotopic (exact) mass is 379 g/mol. The average molecular weight is 379 g/mol. The van der Waals surface area contributed by atoms with E-state index >= 15 is 0 Å². The maximum atomic E-state index is 12.8. The second kappa shape index (κ2) is 8.24. The molecule has 1 amide bonds. The Hall–Kier alpha value is -2.83. The van der Waals surface area contributed by atoms with Crippen molar-refractivity contribution in [3.8, 4) is 0 Å². The minimum atomic E-state index is -4.56. The summed E-state index contributed by atoms with van der Waals surface area (Å²) in [7, 11) is 1.19. The number of ether oxygens (including phenoxy) is 1. The van der Waals surface area contributed by atoms with Crippen LogP contribution in [-0.2, 0) is 22.1 Å². The third-order valence-electron chi connectivity index (χ3n) is 4.30. The van der Waals surface area contributed by atoms with Gasteiger partial charge in [-0.05, 0) is 48.7 Å². The minimum Gasteiger partial charge on any atom is -0.467 e. The number of esters is 1. The number of halogens is 3. The summed E-state index contributed by atoms with van der Waals surface area (Å²) in [6.45, 7) is 3.76. The normalized spacial score (nSPS) is 12.4. The van der Waals surface area contributed by atoms with Crippen LogP contribution in [0.2, 0.25) is 0 Å². The van der Waals surface area contributed by atoms with Crippen molar-refractivity contribution in [3.63, 3.8) is 0 Å². The van der Waals surface area contributed by atoms with E-state index in [1.54, 1.807) is 0 Å². The van der Waals surface area contributed by atoms with E-state index in [1.807, 2.05) is 32.0 Å². The molecule has 144 valence electrons. The fraction of sp³-hybridized carbons (Fsp3) is 0.300. The van der Waals surface area contributed by atoms with Crippen molar-refractivity contribution in [2.75, 3.05) is 7.11 Å². The summed E-state index contributed by atoms with van der Waals surface area (Å²) in [4.78, 5) is 24.5. The predicted molar refractivity (Wildman–Crippen MR) is 94.3 cm³/mol. The fourth-order valence-electron chi connectivity index (χ4n) is 2.79. The van der Waals surface area contributed by atoms with Gasteiger partial charge in [0.2, 0.25) is 0 Å². The standard InChI is InChI=1S/C20H20F3NO3/c1-12-6-4-7-13(2)16(12)11-17(19(26)27-3)24-18(25)14-8-5-9-15(10-14)20(21,22)23/h4-10,17H,11H2,1-3H3,(H,24,25)/t17-/m1/s1. The molecule has 0 bridgehead atoms. The van der Waals surface area contributed by atoms with E-state index < -0.39 is 29.7 Å². The number of rotatable bonds is 5. The van der Waals surface area contributed by atoms with Crippen LogP contribution in [0.5, 0.6) is 0 Å². The number of hydrogen-bond donors (Lipinski definition) is 1. The van der Waals surface area contributed by atoms with Gasteiger partial charge in [0.15, 0.2) is 0 Å². The molecule has 0 spiro atoms. The van der Waals surface area contributed by atoms with Crippen molar-refractivity contribution >= 4 is 11.9 Å². The fourth-order valence-corrected chi connectivity index (χ4v) is 2.79. The number of benzene rings is 2. The van der Waals surface area contributed by atoms with Gasteiger partial charge in [0, 0.05) is 12.0 Å². The van der Waals surface area contributed by atoms with E-state index in [0.717, 1.165) is 34.9 Å². The molecule has 2 aromatic carbocycles. The molecular weight excluding hydrogens is 359 g/mol. The lowest BCUT2D eigenvalue weighted by molar-refractivity contribution is -0.143. The maximum Gasteiger partial charge on any atom is 0.416 e. The summed E-state index contributed by atoms with van der Waals surface area (Å²) in [5.74, 6) is -1.44. The quantitative estimate of drug-likeness (QED) is 0.804. The van der Waals surface area contributed by atoms with E-state index in [1.165, 1.54) is 13.2 Å². The highest BCUT2D eigenvalue weighted by Gasteiger charge is 2.31. The van der Waals surface area contributed by atoms with Gasteiger partial charge in [-0.15, -0.1) is 0 Å². The van der Waals surface area contributed by atoms with Gasteiger partial charge in [-0.1, -0.05) is 24.3 Å². The zero-order valence-corrected chi connectivity index (χ0v) is 15.2. The zero-order valence-electron chi connectivity index (χ0n) is 15.2. The highest BCUT2D eigenvalue weighted by Crippen LogP contribution is 2.29. The summed E-state index contributed by atoms with van der Waals surface area (Å²) in [5.41, 5.74) is 1.64. The molecule has 1 atom stereocenters. The molecule has 0 radical (unpaired) electrons. The number of hydrogen-bond acceptors (Lipinski definition) is 3. The van der Waals surface area contributed by atoms with Crippen LogP contribution in [0.1, 0.15) is 32.6 Å². The third-order valence-corrected chi connectivity index (χ3v) is 4.30. The molecule has 0 saturated heterocycles. The second-order valence-corrected chi connectivity index (χ2v) is 6.20. The van der Waals surface area contributed by atoms with Crippen LogP contribution in [-0.4, -0.2) is 25.0 Å². The first-order valence-electron chi connectivity index (χ1n) is 8.24. The number of alkyl halides is 3. The first kappa shape index (κ1) is 20.5. The van der Waals surface area contributed by atoms with Gasteiger partial charge in [0.1, 0.15) is 6.04 Å². The van der Waals surface area contributed by atoms with Crippen LogP contribution >= 0.6 is 0 Å². The van der Waals surface area contributed by atoms with Crippen molar-refractivity contribution in [2.24, 2.45) is 0 Å². The topological polar surface area (TPSA) is 55.4 Å². The molecule has 0 heterocycles. The lowest BCUT2D eigenvalue weighted by Crippen LogP contribution is -2.43. The molecule has 0 unspecified atom stereocenters. The third kappa shape index (κ3) is 5.09.